The van der Waals surface area contributed by atoms with E-state index in [2.05, 4.69) is 10.9 Å². The molecule has 8 nitrogen and oxygen atoms in total. The van der Waals surface area contributed by atoms with E-state index in [4.69, 9.17) is 15.9 Å². The molecular formula is C23H22FN3O5S2. The van der Waals surface area contributed by atoms with Crippen molar-refractivity contribution in [2.75, 3.05) is 20.8 Å². The fourth-order valence-corrected chi connectivity index (χ4v) is 6.61. The molecule has 1 saturated heterocycles. The average molecular weight is 504 g/mol. The molecule has 0 aliphatic carbocycles. The Hall–Kier alpha value is -3.20. The predicted molar refractivity (Wildman–Crippen MR) is 126 cm³/mol. The first-order chi connectivity index (χ1) is 16.3. The van der Waals surface area contributed by atoms with Gasteiger partial charge in [-0.05, 0) is 37.1 Å². The zero-order valence-electron chi connectivity index (χ0n) is 18.5. The number of thiazole rings is 1. The van der Waals surface area contributed by atoms with Crippen LogP contribution in [0.3, 0.4) is 0 Å². The Balaban J connectivity index is 1.75. The Kier molecular flexibility index (Phi) is 6.74. The minimum atomic E-state index is -3.99. The number of benzene rings is 2. The van der Waals surface area contributed by atoms with Crippen LogP contribution in [0.25, 0.3) is 10.2 Å². The second-order valence-electron chi connectivity index (χ2n) is 7.53. The van der Waals surface area contributed by atoms with E-state index < -0.39 is 27.8 Å². The number of amides is 1. The van der Waals surface area contributed by atoms with Gasteiger partial charge in [-0.1, -0.05) is 17.3 Å². The lowest BCUT2D eigenvalue weighted by Crippen LogP contribution is -2.40. The van der Waals surface area contributed by atoms with E-state index in [9.17, 15) is 17.6 Å². The van der Waals surface area contributed by atoms with Gasteiger partial charge in [0.1, 0.15) is 11.9 Å². The molecule has 34 heavy (non-hydrogen) atoms. The number of halogens is 1. The summed E-state index contributed by atoms with van der Waals surface area (Å²) in [4.78, 5) is 17.7. The zero-order valence-corrected chi connectivity index (χ0v) is 20.2. The molecule has 178 valence electrons. The number of carbonyl (C=O) groups is 1. The van der Waals surface area contributed by atoms with Crippen LogP contribution in [-0.2, 0) is 21.4 Å². The maximum absolute atomic E-state index is 13.3. The van der Waals surface area contributed by atoms with Gasteiger partial charge in [-0.2, -0.15) is 9.30 Å². The summed E-state index contributed by atoms with van der Waals surface area (Å²) < 4.78 is 53.9. The Morgan fingerprint density at radius 2 is 1.91 bits per heavy atom. The summed E-state index contributed by atoms with van der Waals surface area (Å²) in [6.07, 6.45) is 6.40. The van der Waals surface area contributed by atoms with E-state index >= 15 is 0 Å². The second kappa shape index (κ2) is 9.58. The molecule has 0 radical (unpaired) electrons. The molecule has 1 aromatic heterocycles. The number of hydrogen-bond acceptors (Lipinski definition) is 6. The van der Waals surface area contributed by atoms with E-state index in [1.54, 1.807) is 16.7 Å². The van der Waals surface area contributed by atoms with Gasteiger partial charge in [-0.15, -0.1) is 6.42 Å². The maximum Gasteiger partial charge on any atom is 0.266 e. The van der Waals surface area contributed by atoms with Gasteiger partial charge < -0.3 is 14.0 Å². The van der Waals surface area contributed by atoms with Crippen molar-refractivity contribution in [3.8, 4) is 23.8 Å². The second-order valence-corrected chi connectivity index (χ2v) is 10.4. The third-order valence-electron chi connectivity index (χ3n) is 5.55. The van der Waals surface area contributed by atoms with Gasteiger partial charge in [0.05, 0.1) is 35.9 Å². The van der Waals surface area contributed by atoms with Gasteiger partial charge in [0, 0.05) is 18.7 Å². The minimum absolute atomic E-state index is 0.0722. The number of rotatable bonds is 6. The highest BCUT2D eigenvalue weighted by Crippen LogP contribution is 2.33. The van der Waals surface area contributed by atoms with Gasteiger partial charge in [-0.25, -0.2) is 12.8 Å². The average Bonchev–Trinajstić information content (AvgIpc) is 3.44. The van der Waals surface area contributed by atoms with Crippen LogP contribution in [-0.4, -0.2) is 50.0 Å². The van der Waals surface area contributed by atoms with Crippen molar-refractivity contribution >= 4 is 37.5 Å². The molecule has 0 saturated carbocycles. The van der Waals surface area contributed by atoms with Gasteiger partial charge in [0.15, 0.2) is 16.3 Å². The lowest BCUT2D eigenvalue weighted by molar-refractivity contribution is -0.121. The topological polar surface area (TPSA) is 90.2 Å². The number of fused-ring (bicyclic) bond motifs is 1. The van der Waals surface area contributed by atoms with E-state index in [0.717, 1.165) is 26.7 Å². The van der Waals surface area contributed by atoms with E-state index in [0.29, 0.717) is 29.1 Å². The van der Waals surface area contributed by atoms with Crippen LogP contribution in [0, 0.1) is 18.2 Å². The summed E-state index contributed by atoms with van der Waals surface area (Å²) in [7, 11) is -0.942. The lowest BCUT2D eigenvalue weighted by Gasteiger charge is -2.21. The Morgan fingerprint density at radius 1 is 1.24 bits per heavy atom. The first kappa shape index (κ1) is 23.9. The zero-order chi connectivity index (χ0) is 24.5. The number of sulfonamides is 1. The summed E-state index contributed by atoms with van der Waals surface area (Å²) in [5.74, 6) is 2.46. The first-order valence-electron chi connectivity index (χ1n) is 10.3. The third-order valence-corrected chi connectivity index (χ3v) is 8.52. The first-order valence-corrected chi connectivity index (χ1v) is 12.6. The fraction of sp³-hybridized carbons (Fsp3) is 0.304. The van der Waals surface area contributed by atoms with Crippen LogP contribution in [0.5, 0.6) is 11.5 Å². The molecule has 3 aromatic rings. The Morgan fingerprint density at radius 3 is 2.56 bits per heavy atom. The van der Waals surface area contributed by atoms with Crippen molar-refractivity contribution in [3.63, 3.8) is 0 Å². The summed E-state index contributed by atoms with van der Waals surface area (Å²) in [6.45, 7) is 0.334. The number of carbonyl (C=O) groups excluding carboxylic acids is 1. The third kappa shape index (κ3) is 4.32. The molecule has 2 heterocycles. The Bertz CT molecular complexity index is 1450. The summed E-state index contributed by atoms with van der Waals surface area (Å²) >= 11 is 1.24. The maximum atomic E-state index is 13.3. The van der Waals surface area contributed by atoms with Crippen LogP contribution >= 0.6 is 11.3 Å². The molecule has 0 N–H and O–H groups in total. The molecular weight excluding hydrogens is 481 g/mol. The highest BCUT2D eigenvalue weighted by Gasteiger charge is 2.39. The van der Waals surface area contributed by atoms with E-state index in [1.807, 2.05) is 0 Å². The van der Waals surface area contributed by atoms with E-state index in [-0.39, 0.29) is 18.0 Å². The number of terminal acetylenes is 1. The van der Waals surface area contributed by atoms with Gasteiger partial charge in [0.2, 0.25) is 10.0 Å². The molecule has 11 heteroatoms. The Labute approximate surface area is 200 Å². The molecule has 0 bridgehead atoms. The highest BCUT2D eigenvalue weighted by atomic mass is 32.2. The lowest BCUT2D eigenvalue weighted by atomic mass is 10.2. The van der Waals surface area contributed by atoms with Gasteiger partial charge in [-0.3, -0.25) is 4.79 Å². The summed E-state index contributed by atoms with van der Waals surface area (Å²) in [5, 5.41) is 0. The van der Waals surface area contributed by atoms with Crippen molar-refractivity contribution in [2.45, 2.75) is 30.3 Å². The van der Waals surface area contributed by atoms with Crippen LogP contribution in [0.4, 0.5) is 4.39 Å². The van der Waals surface area contributed by atoms with Crippen molar-refractivity contribution in [3.05, 3.63) is 47.0 Å². The number of ether oxygens (including phenoxy) is 2. The minimum Gasteiger partial charge on any atom is -0.493 e. The van der Waals surface area contributed by atoms with Crippen molar-refractivity contribution in [1.82, 2.24) is 8.87 Å². The SMILES string of the molecule is C#CCn1c(=NC(=O)C2CCCN2S(=O)(=O)c2ccc(F)cc2)sc2cc(OC)c(OC)cc21. The number of hydrogen-bond donors (Lipinski definition) is 0. The summed E-state index contributed by atoms with van der Waals surface area (Å²) in [5.41, 5.74) is 0.717. The molecule has 0 spiro atoms. The molecule has 1 fully saturated rings. The van der Waals surface area contributed by atoms with Gasteiger partial charge in [0.25, 0.3) is 5.91 Å². The van der Waals surface area contributed by atoms with Crippen LogP contribution in [0.1, 0.15) is 12.8 Å². The molecule has 2 aromatic carbocycles. The number of methoxy groups -OCH3 is 2. The molecule has 1 amide bonds. The molecule has 1 aliphatic heterocycles. The summed E-state index contributed by atoms with van der Waals surface area (Å²) in [6, 6.07) is 7.11. The molecule has 1 unspecified atom stereocenters. The highest BCUT2D eigenvalue weighted by molar-refractivity contribution is 7.89. The van der Waals surface area contributed by atoms with Crippen molar-refractivity contribution < 1.29 is 27.1 Å². The largest absolute Gasteiger partial charge is 0.493 e. The molecule has 4 rings (SSSR count). The normalized spacial score (nSPS) is 17.1. The van der Waals surface area contributed by atoms with Crippen molar-refractivity contribution in [1.29, 1.82) is 0 Å². The van der Waals surface area contributed by atoms with Crippen molar-refractivity contribution in [2.24, 2.45) is 4.99 Å². The predicted octanol–water partition coefficient (Wildman–Crippen LogP) is 2.77. The van der Waals surface area contributed by atoms with Gasteiger partial charge >= 0.3 is 0 Å². The quantitative estimate of drug-likeness (QED) is 0.483. The van der Waals surface area contributed by atoms with Crippen LogP contribution < -0.4 is 14.3 Å². The molecule has 1 aliphatic rings. The van der Waals surface area contributed by atoms with Crippen LogP contribution in [0.15, 0.2) is 46.3 Å². The standard InChI is InChI=1S/C23H22FN3O5S2/c1-4-11-26-18-13-19(31-2)20(32-3)14-21(18)33-23(26)25-22(28)17-6-5-12-27(17)34(29,30)16-9-7-15(24)8-10-16/h1,7-10,13-14,17H,5-6,11-12H2,2-3H3. The number of aromatic nitrogens is 1. The molecule has 1 atom stereocenters. The van der Waals surface area contributed by atoms with E-state index in [1.165, 1.54) is 37.7 Å². The van der Waals surface area contributed by atoms with Crippen LogP contribution in [0.2, 0.25) is 0 Å². The number of nitrogens with zero attached hydrogens (tertiary/aromatic N) is 3. The fourth-order valence-electron chi connectivity index (χ4n) is 3.91. The smallest absolute Gasteiger partial charge is 0.266 e. The monoisotopic (exact) mass is 503 g/mol.